The average molecular weight is 266 g/mol. The molecule has 3 rings (SSSR count). The molecule has 3 unspecified atom stereocenters. The number of morpholine rings is 1. The van der Waals surface area contributed by atoms with Crippen LogP contribution in [0.3, 0.4) is 0 Å². The molecule has 3 nitrogen and oxygen atoms in total. The van der Waals surface area contributed by atoms with Crippen molar-refractivity contribution < 1.29 is 4.74 Å². The van der Waals surface area contributed by atoms with E-state index in [0.29, 0.717) is 12.1 Å². The van der Waals surface area contributed by atoms with Crippen LogP contribution in [0, 0.1) is 5.92 Å². The Morgan fingerprint density at radius 3 is 2.79 bits per heavy atom. The van der Waals surface area contributed by atoms with Crippen molar-refractivity contribution in [1.29, 1.82) is 0 Å². The molecule has 2 heterocycles. The first-order chi connectivity index (χ1) is 9.38. The van der Waals surface area contributed by atoms with Gasteiger partial charge in [-0.1, -0.05) is 26.2 Å². The Morgan fingerprint density at radius 1 is 1.16 bits per heavy atom. The molecule has 0 amide bonds. The van der Waals surface area contributed by atoms with Crippen LogP contribution in [0.4, 0.5) is 0 Å². The van der Waals surface area contributed by atoms with Crippen LogP contribution in [-0.2, 0) is 4.74 Å². The number of nitrogens with zero attached hydrogens (tertiary/aromatic N) is 1. The predicted molar refractivity (Wildman–Crippen MR) is 78.4 cm³/mol. The molecular formula is C16H30N2O. The Balaban J connectivity index is 1.62. The van der Waals surface area contributed by atoms with E-state index in [0.717, 1.165) is 25.1 Å². The zero-order valence-corrected chi connectivity index (χ0v) is 12.4. The highest BCUT2D eigenvalue weighted by molar-refractivity contribution is 4.93. The minimum Gasteiger partial charge on any atom is -0.374 e. The van der Waals surface area contributed by atoms with Crippen molar-refractivity contribution in [3.63, 3.8) is 0 Å². The molecule has 2 aliphatic heterocycles. The van der Waals surface area contributed by atoms with Crippen LogP contribution in [0.1, 0.15) is 51.9 Å². The zero-order chi connectivity index (χ0) is 13.1. The van der Waals surface area contributed by atoms with Crippen LogP contribution in [0.5, 0.6) is 0 Å². The maximum atomic E-state index is 6.26. The second-order valence-corrected chi connectivity index (χ2v) is 6.64. The van der Waals surface area contributed by atoms with Gasteiger partial charge in [0.25, 0.3) is 0 Å². The summed E-state index contributed by atoms with van der Waals surface area (Å²) >= 11 is 0. The lowest BCUT2D eigenvalue weighted by atomic mass is 9.81. The summed E-state index contributed by atoms with van der Waals surface area (Å²) < 4.78 is 6.26. The molecule has 2 saturated heterocycles. The van der Waals surface area contributed by atoms with Crippen molar-refractivity contribution in [3.8, 4) is 0 Å². The molecule has 3 fully saturated rings. The number of rotatable bonds is 4. The van der Waals surface area contributed by atoms with Gasteiger partial charge in [-0.05, 0) is 44.7 Å². The number of hydrogen-bond acceptors (Lipinski definition) is 3. The fourth-order valence-corrected chi connectivity index (χ4v) is 4.39. The number of fused-ring (bicyclic) bond motifs is 1. The summed E-state index contributed by atoms with van der Waals surface area (Å²) in [5.41, 5.74) is 0. The predicted octanol–water partition coefficient (Wildman–Crippen LogP) is 2.41. The Labute approximate surface area is 118 Å². The second-order valence-electron chi connectivity index (χ2n) is 6.64. The van der Waals surface area contributed by atoms with Gasteiger partial charge in [-0.15, -0.1) is 0 Å². The van der Waals surface area contributed by atoms with Crippen molar-refractivity contribution in [3.05, 3.63) is 0 Å². The molecule has 19 heavy (non-hydrogen) atoms. The van der Waals surface area contributed by atoms with Gasteiger partial charge in [0.15, 0.2) is 0 Å². The lowest BCUT2D eigenvalue weighted by Crippen LogP contribution is -2.56. The highest BCUT2D eigenvalue weighted by atomic mass is 16.5. The molecular weight excluding hydrogens is 236 g/mol. The molecule has 110 valence electrons. The van der Waals surface area contributed by atoms with Gasteiger partial charge in [-0.25, -0.2) is 0 Å². The third-order valence-electron chi connectivity index (χ3n) is 5.41. The van der Waals surface area contributed by atoms with Gasteiger partial charge < -0.3 is 10.1 Å². The van der Waals surface area contributed by atoms with Crippen molar-refractivity contribution in [2.24, 2.45) is 5.92 Å². The van der Waals surface area contributed by atoms with Gasteiger partial charge >= 0.3 is 0 Å². The summed E-state index contributed by atoms with van der Waals surface area (Å²) in [6, 6.07) is 1.32. The summed E-state index contributed by atoms with van der Waals surface area (Å²) in [6.07, 6.45) is 10.2. The van der Waals surface area contributed by atoms with E-state index >= 15 is 0 Å². The molecule has 0 bridgehead atoms. The molecule has 0 aromatic carbocycles. The minimum atomic E-state index is 0.428. The maximum Gasteiger partial charge on any atom is 0.0858 e. The molecule has 0 radical (unpaired) electrons. The lowest BCUT2D eigenvalue weighted by Gasteiger charge is -2.42. The van der Waals surface area contributed by atoms with Gasteiger partial charge in [0.05, 0.1) is 12.7 Å². The normalized spacial score (nSPS) is 35.2. The molecule has 0 spiro atoms. The molecule has 0 aromatic heterocycles. The van der Waals surface area contributed by atoms with Gasteiger partial charge in [0.1, 0.15) is 0 Å². The third-order valence-corrected chi connectivity index (χ3v) is 5.41. The molecule has 1 aliphatic carbocycles. The summed E-state index contributed by atoms with van der Waals surface area (Å²) in [6.45, 7) is 6.74. The van der Waals surface area contributed by atoms with Crippen LogP contribution >= 0.6 is 0 Å². The summed E-state index contributed by atoms with van der Waals surface area (Å²) in [5.74, 6) is 0.845. The van der Waals surface area contributed by atoms with Crippen LogP contribution in [0.2, 0.25) is 0 Å². The largest absolute Gasteiger partial charge is 0.374 e. The number of nitrogens with one attached hydrogen (secondary N) is 1. The van der Waals surface area contributed by atoms with Crippen molar-refractivity contribution >= 4 is 0 Å². The van der Waals surface area contributed by atoms with Gasteiger partial charge in [-0.2, -0.15) is 0 Å². The van der Waals surface area contributed by atoms with E-state index in [1.54, 1.807) is 0 Å². The van der Waals surface area contributed by atoms with Crippen molar-refractivity contribution in [2.45, 2.75) is 70.1 Å². The second kappa shape index (κ2) is 6.55. The average Bonchev–Trinajstić information content (AvgIpc) is 2.93. The summed E-state index contributed by atoms with van der Waals surface area (Å²) in [7, 11) is 0. The van der Waals surface area contributed by atoms with E-state index in [9.17, 15) is 0 Å². The minimum absolute atomic E-state index is 0.428. The maximum absolute atomic E-state index is 6.26. The molecule has 0 aromatic rings. The molecule has 3 atom stereocenters. The summed E-state index contributed by atoms with van der Waals surface area (Å²) in [5, 5.41) is 3.75. The van der Waals surface area contributed by atoms with Gasteiger partial charge in [-0.3, -0.25) is 4.90 Å². The fourth-order valence-electron chi connectivity index (χ4n) is 4.39. The van der Waals surface area contributed by atoms with Crippen LogP contribution < -0.4 is 5.32 Å². The van der Waals surface area contributed by atoms with E-state index in [1.165, 1.54) is 58.0 Å². The van der Waals surface area contributed by atoms with Crippen LogP contribution in [0.15, 0.2) is 0 Å². The number of likely N-dealkylation sites (N-methyl/N-ethyl adjacent to an activating group) is 1. The topological polar surface area (TPSA) is 24.5 Å². The smallest absolute Gasteiger partial charge is 0.0858 e. The first-order valence-electron chi connectivity index (χ1n) is 8.47. The highest BCUT2D eigenvalue weighted by Crippen LogP contribution is 2.31. The lowest BCUT2D eigenvalue weighted by molar-refractivity contribution is -0.0755. The Bertz CT molecular complexity index is 278. The summed E-state index contributed by atoms with van der Waals surface area (Å²) in [4.78, 5) is 2.68. The SMILES string of the molecule is CCNC(C1CCCCC1)C1CN2CCCC2CO1. The third kappa shape index (κ3) is 3.14. The number of ether oxygens (including phenoxy) is 1. The molecule has 3 heteroatoms. The van der Waals surface area contributed by atoms with E-state index < -0.39 is 0 Å². The molecule has 1 N–H and O–H groups in total. The standard InChI is InChI=1S/C16H30N2O/c1-2-17-16(13-7-4-3-5-8-13)15-11-18-10-6-9-14(18)12-19-15/h13-17H,2-12H2,1H3. The Kier molecular flexibility index (Phi) is 4.78. The van der Waals surface area contributed by atoms with Crippen LogP contribution in [-0.4, -0.2) is 49.3 Å². The monoisotopic (exact) mass is 266 g/mol. The van der Waals surface area contributed by atoms with Crippen LogP contribution in [0.25, 0.3) is 0 Å². The zero-order valence-electron chi connectivity index (χ0n) is 12.4. The quantitative estimate of drug-likeness (QED) is 0.845. The van der Waals surface area contributed by atoms with E-state index in [4.69, 9.17) is 4.74 Å². The van der Waals surface area contributed by atoms with E-state index in [2.05, 4.69) is 17.1 Å². The fraction of sp³-hybridized carbons (Fsp3) is 1.00. The first-order valence-corrected chi connectivity index (χ1v) is 8.47. The number of hydrogen-bond donors (Lipinski definition) is 1. The van der Waals surface area contributed by atoms with Crippen molar-refractivity contribution in [1.82, 2.24) is 10.2 Å². The Hall–Kier alpha value is -0.120. The molecule has 3 aliphatic rings. The van der Waals surface area contributed by atoms with Gasteiger partial charge in [0.2, 0.25) is 0 Å². The highest BCUT2D eigenvalue weighted by Gasteiger charge is 2.38. The first kappa shape index (κ1) is 13.8. The Morgan fingerprint density at radius 2 is 2.00 bits per heavy atom. The van der Waals surface area contributed by atoms with Crippen molar-refractivity contribution in [2.75, 3.05) is 26.2 Å². The van der Waals surface area contributed by atoms with E-state index in [1.807, 2.05) is 0 Å². The van der Waals surface area contributed by atoms with E-state index in [-0.39, 0.29) is 0 Å². The molecule has 1 saturated carbocycles. The van der Waals surface area contributed by atoms with Gasteiger partial charge in [0, 0.05) is 18.6 Å².